The molecule has 1 heterocycles. The number of imidazole rings is 1. The molecule has 1 aromatic heterocycles. The Bertz CT molecular complexity index is 466. The topological polar surface area (TPSA) is 29.9 Å². The number of hydrogen-bond acceptors (Lipinski definition) is 2. The summed E-state index contributed by atoms with van der Waals surface area (Å²) in [5, 5.41) is 3.31. The zero-order chi connectivity index (χ0) is 12.3. The highest BCUT2D eigenvalue weighted by molar-refractivity contribution is 5.36. The van der Waals surface area contributed by atoms with Gasteiger partial charge in [-0.05, 0) is 38.1 Å². The van der Waals surface area contributed by atoms with Crippen LogP contribution in [0.25, 0.3) is 5.69 Å². The van der Waals surface area contributed by atoms with Crippen molar-refractivity contribution in [1.29, 1.82) is 0 Å². The van der Waals surface area contributed by atoms with Crippen LogP contribution in [-0.4, -0.2) is 16.6 Å². The van der Waals surface area contributed by atoms with Crippen LogP contribution >= 0.6 is 0 Å². The summed E-state index contributed by atoms with van der Waals surface area (Å²) in [5.74, 6) is 1.01. The molecule has 1 unspecified atom stereocenters. The van der Waals surface area contributed by atoms with E-state index in [9.17, 15) is 0 Å². The van der Waals surface area contributed by atoms with E-state index in [1.807, 2.05) is 26.4 Å². The molecule has 90 valence electrons. The van der Waals surface area contributed by atoms with Crippen molar-refractivity contribution < 1.29 is 0 Å². The largest absolute Gasteiger partial charge is 0.313 e. The molecule has 2 aromatic rings. The summed E-state index contributed by atoms with van der Waals surface area (Å²) in [7, 11) is 2.00. The number of nitrogens with one attached hydrogen (secondary N) is 1. The van der Waals surface area contributed by atoms with Crippen LogP contribution in [-0.2, 0) is 0 Å². The quantitative estimate of drug-likeness (QED) is 0.873. The van der Waals surface area contributed by atoms with E-state index in [1.54, 1.807) is 0 Å². The second kappa shape index (κ2) is 5.15. The van der Waals surface area contributed by atoms with Crippen molar-refractivity contribution in [1.82, 2.24) is 14.9 Å². The lowest BCUT2D eigenvalue weighted by Crippen LogP contribution is -2.15. The Labute approximate surface area is 103 Å². The fraction of sp³-hybridized carbons (Fsp3) is 0.357. The van der Waals surface area contributed by atoms with Crippen molar-refractivity contribution in [2.24, 2.45) is 0 Å². The summed E-state index contributed by atoms with van der Waals surface area (Å²) < 4.78 is 2.09. The fourth-order valence-corrected chi connectivity index (χ4v) is 2.12. The summed E-state index contributed by atoms with van der Waals surface area (Å²) in [5.41, 5.74) is 2.49. The molecular weight excluding hydrogens is 210 g/mol. The zero-order valence-corrected chi connectivity index (χ0v) is 10.6. The van der Waals surface area contributed by atoms with Gasteiger partial charge < -0.3 is 9.88 Å². The Morgan fingerprint density at radius 1 is 1.29 bits per heavy atom. The number of nitrogens with zero attached hydrogens (tertiary/aromatic N) is 2. The molecular formula is C14H19N3. The van der Waals surface area contributed by atoms with E-state index < -0.39 is 0 Å². The van der Waals surface area contributed by atoms with Gasteiger partial charge in [0.2, 0.25) is 0 Å². The zero-order valence-electron chi connectivity index (χ0n) is 10.6. The lowest BCUT2D eigenvalue weighted by Gasteiger charge is -2.15. The Morgan fingerprint density at radius 2 is 2.00 bits per heavy atom. The third-order valence-electron chi connectivity index (χ3n) is 3.16. The van der Waals surface area contributed by atoms with Crippen LogP contribution < -0.4 is 5.32 Å². The van der Waals surface area contributed by atoms with Gasteiger partial charge in [-0.15, -0.1) is 0 Å². The van der Waals surface area contributed by atoms with E-state index in [0.717, 1.165) is 17.9 Å². The Hall–Kier alpha value is -1.61. The predicted octanol–water partition coefficient (Wildman–Crippen LogP) is 2.85. The monoisotopic (exact) mass is 229 g/mol. The molecule has 0 fully saturated rings. The van der Waals surface area contributed by atoms with Gasteiger partial charge in [0.1, 0.15) is 5.82 Å². The van der Waals surface area contributed by atoms with Gasteiger partial charge in [-0.1, -0.05) is 19.1 Å². The molecule has 2 rings (SSSR count). The molecule has 3 nitrogen and oxygen atoms in total. The minimum absolute atomic E-state index is 0.438. The lowest BCUT2D eigenvalue weighted by atomic mass is 10.0. The van der Waals surface area contributed by atoms with Crippen molar-refractivity contribution >= 4 is 0 Å². The highest BCUT2D eigenvalue weighted by Crippen LogP contribution is 2.18. The van der Waals surface area contributed by atoms with Crippen molar-refractivity contribution in [3.8, 4) is 5.69 Å². The molecule has 1 atom stereocenters. The minimum Gasteiger partial charge on any atom is -0.313 e. The first-order valence-corrected chi connectivity index (χ1v) is 6.03. The van der Waals surface area contributed by atoms with Crippen molar-refractivity contribution in [2.45, 2.75) is 26.3 Å². The van der Waals surface area contributed by atoms with Crippen LogP contribution in [0.5, 0.6) is 0 Å². The number of aryl methyl sites for hydroxylation is 1. The highest BCUT2D eigenvalue weighted by Gasteiger charge is 2.06. The lowest BCUT2D eigenvalue weighted by molar-refractivity contribution is 0.577. The van der Waals surface area contributed by atoms with Gasteiger partial charge in [0, 0.05) is 24.1 Å². The van der Waals surface area contributed by atoms with Crippen LogP contribution in [0.1, 0.15) is 30.8 Å². The highest BCUT2D eigenvalue weighted by atomic mass is 15.1. The summed E-state index contributed by atoms with van der Waals surface area (Å²) in [6, 6.07) is 9.08. The van der Waals surface area contributed by atoms with Crippen LogP contribution in [0.4, 0.5) is 0 Å². The van der Waals surface area contributed by atoms with Gasteiger partial charge in [0.25, 0.3) is 0 Å². The number of rotatable bonds is 4. The predicted molar refractivity (Wildman–Crippen MR) is 70.4 cm³/mol. The Balaban J connectivity index is 2.27. The van der Waals surface area contributed by atoms with E-state index in [-0.39, 0.29) is 0 Å². The third kappa shape index (κ3) is 2.39. The van der Waals surface area contributed by atoms with E-state index in [2.05, 4.69) is 46.1 Å². The molecule has 3 heteroatoms. The molecule has 0 saturated heterocycles. The third-order valence-corrected chi connectivity index (χ3v) is 3.16. The van der Waals surface area contributed by atoms with Gasteiger partial charge in [-0.2, -0.15) is 0 Å². The van der Waals surface area contributed by atoms with E-state index in [0.29, 0.717) is 6.04 Å². The Kier molecular flexibility index (Phi) is 3.59. The van der Waals surface area contributed by atoms with E-state index >= 15 is 0 Å². The molecule has 0 aliphatic rings. The average molecular weight is 229 g/mol. The first kappa shape index (κ1) is 11.9. The minimum atomic E-state index is 0.438. The van der Waals surface area contributed by atoms with Gasteiger partial charge >= 0.3 is 0 Å². The number of aromatic nitrogens is 2. The van der Waals surface area contributed by atoms with Crippen LogP contribution in [0.2, 0.25) is 0 Å². The Morgan fingerprint density at radius 3 is 2.47 bits per heavy atom. The van der Waals surface area contributed by atoms with Gasteiger partial charge in [0.15, 0.2) is 0 Å². The van der Waals surface area contributed by atoms with Gasteiger partial charge in [0.05, 0.1) is 0 Å². The fourth-order valence-electron chi connectivity index (χ4n) is 2.12. The second-order valence-electron chi connectivity index (χ2n) is 4.19. The standard InChI is InChI=1S/C14H19N3/c1-4-14(15-3)12-5-7-13(8-6-12)17-10-9-16-11(17)2/h5-10,14-15H,4H2,1-3H3. The molecule has 1 aromatic carbocycles. The molecule has 0 aliphatic heterocycles. The number of hydrogen-bond donors (Lipinski definition) is 1. The van der Waals surface area contributed by atoms with E-state index in [1.165, 1.54) is 5.56 Å². The van der Waals surface area contributed by atoms with Crippen LogP contribution in [0.3, 0.4) is 0 Å². The molecule has 0 saturated carbocycles. The molecule has 0 aliphatic carbocycles. The van der Waals surface area contributed by atoms with Crippen molar-refractivity contribution in [3.63, 3.8) is 0 Å². The first-order chi connectivity index (χ1) is 8.26. The van der Waals surface area contributed by atoms with Crippen LogP contribution in [0, 0.1) is 6.92 Å². The first-order valence-electron chi connectivity index (χ1n) is 6.03. The maximum Gasteiger partial charge on any atom is 0.110 e. The second-order valence-corrected chi connectivity index (χ2v) is 4.19. The molecule has 0 spiro atoms. The van der Waals surface area contributed by atoms with Crippen molar-refractivity contribution in [3.05, 3.63) is 48.0 Å². The average Bonchev–Trinajstić information content (AvgIpc) is 2.78. The maximum absolute atomic E-state index is 4.23. The smallest absolute Gasteiger partial charge is 0.110 e. The maximum atomic E-state index is 4.23. The van der Waals surface area contributed by atoms with Crippen LogP contribution in [0.15, 0.2) is 36.7 Å². The normalized spacial score (nSPS) is 12.6. The molecule has 0 bridgehead atoms. The number of benzene rings is 1. The summed E-state index contributed by atoms with van der Waals surface area (Å²) >= 11 is 0. The van der Waals surface area contributed by atoms with Crippen molar-refractivity contribution in [2.75, 3.05) is 7.05 Å². The molecule has 17 heavy (non-hydrogen) atoms. The molecule has 0 radical (unpaired) electrons. The van der Waals surface area contributed by atoms with Gasteiger partial charge in [-0.25, -0.2) is 4.98 Å². The summed E-state index contributed by atoms with van der Waals surface area (Å²) in [6.07, 6.45) is 4.91. The SMILES string of the molecule is CCC(NC)c1ccc(-n2ccnc2C)cc1. The molecule has 0 amide bonds. The van der Waals surface area contributed by atoms with E-state index in [4.69, 9.17) is 0 Å². The summed E-state index contributed by atoms with van der Waals surface area (Å²) in [4.78, 5) is 4.23. The van der Waals surface area contributed by atoms with Gasteiger partial charge in [-0.3, -0.25) is 0 Å². The summed E-state index contributed by atoms with van der Waals surface area (Å²) in [6.45, 7) is 4.20. The molecule has 1 N–H and O–H groups in total.